The fraction of sp³-hybridized carbons (Fsp3) is 0.417. The maximum atomic E-state index is 4.49. The molecule has 0 aliphatic heterocycles. The van der Waals surface area contributed by atoms with Crippen molar-refractivity contribution in [2.75, 3.05) is 0 Å². The van der Waals surface area contributed by atoms with Crippen molar-refractivity contribution >= 4 is 27.3 Å². The van der Waals surface area contributed by atoms with E-state index in [0.717, 1.165) is 23.3 Å². The Labute approximate surface area is 114 Å². The molecule has 0 bridgehead atoms. The third-order valence-corrected chi connectivity index (χ3v) is 4.12. The Kier molecular flexibility index (Phi) is 4.36. The monoisotopic (exact) mass is 313 g/mol. The van der Waals surface area contributed by atoms with Gasteiger partial charge in [-0.15, -0.1) is 11.3 Å². The molecule has 0 saturated heterocycles. The molecule has 0 unspecified atom stereocenters. The van der Waals surface area contributed by atoms with Gasteiger partial charge in [-0.05, 0) is 41.9 Å². The highest BCUT2D eigenvalue weighted by Crippen LogP contribution is 2.19. The van der Waals surface area contributed by atoms with Crippen molar-refractivity contribution in [3.05, 3.63) is 38.8 Å². The lowest BCUT2D eigenvalue weighted by atomic mass is 10.4. The smallest absolute Gasteiger partial charge is 0.0762 e. The average Bonchev–Trinajstić information content (AvgIpc) is 2.88. The number of nitrogens with zero attached hydrogens (tertiary/aromatic N) is 2. The van der Waals surface area contributed by atoms with E-state index in [0.29, 0.717) is 6.04 Å². The standard InChI is InChI=1S/C12H16BrN3S/c1-9(2)16-4-3-11(15-16)6-14-7-12-5-10(13)8-17-12/h3-5,8-9,14H,6-7H2,1-2H3. The molecule has 2 rings (SSSR count). The van der Waals surface area contributed by atoms with E-state index in [2.05, 4.69) is 57.7 Å². The SMILES string of the molecule is CC(C)n1ccc(CNCc2cc(Br)cs2)n1. The molecule has 0 atom stereocenters. The second-order valence-corrected chi connectivity index (χ2v) is 6.13. The van der Waals surface area contributed by atoms with E-state index >= 15 is 0 Å². The third-order valence-electron chi connectivity index (χ3n) is 2.42. The zero-order chi connectivity index (χ0) is 12.3. The zero-order valence-electron chi connectivity index (χ0n) is 9.98. The molecule has 0 aromatic carbocycles. The summed E-state index contributed by atoms with van der Waals surface area (Å²) in [6.07, 6.45) is 2.03. The highest BCUT2D eigenvalue weighted by atomic mass is 79.9. The number of rotatable bonds is 5. The molecule has 1 N–H and O–H groups in total. The van der Waals surface area contributed by atoms with Crippen molar-refractivity contribution in [3.8, 4) is 0 Å². The minimum Gasteiger partial charge on any atom is -0.306 e. The van der Waals surface area contributed by atoms with Crippen LogP contribution >= 0.6 is 27.3 Å². The fourth-order valence-electron chi connectivity index (χ4n) is 1.52. The minimum atomic E-state index is 0.428. The normalized spacial score (nSPS) is 11.3. The lowest BCUT2D eigenvalue weighted by molar-refractivity contribution is 0.521. The highest BCUT2D eigenvalue weighted by molar-refractivity contribution is 9.10. The van der Waals surface area contributed by atoms with E-state index in [1.807, 2.05) is 10.9 Å². The van der Waals surface area contributed by atoms with Gasteiger partial charge >= 0.3 is 0 Å². The van der Waals surface area contributed by atoms with Crippen molar-refractivity contribution in [1.29, 1.82) is 0 Å². The quantitative estimate of drug-likeness (QED) is 0.914. The summed E-state index contributed by atoms with van der Waals surface area (Å²) in [5, 5.41) is 9.99. The predicted molar refractivity (Wildman–Crippen MR) is 75.2 cm³/mol. The van der Waals surface area contributed by atoms with Gasteiger partial charge in [0.05, 0.1) is 5.69 Å². The van der Waals surface area contributed by atoms with Gasteiger partial charge in [0.2, 0.25) is 0 Å². The van der Waals surface area contributed by atoms with Crippen LogP contribution in [-0.4, -0.2) is 9.78 Å². The Morgan fingerprint density at radius 2 is 2.29 bits per heavy atom. The molecule has 3 nitrogen and oxygen atoms in total. The minimum absolute atomic E-state index is 0.428. The Morgan fingerprint density at radius 3 is 2.88 bits per heavy atom. The van der Waals surface area contributed by atoms with Crippen molar-refractivity contribution in [2.24, 2.45) is 0 Å². The number of hydrogen-bond donors (Lipinski definition) is 1. The van der Waals surface area contributed by atoms with Crippen LogP contribution < -0.4 is 5.32 Å². The van der Waals surface area contributed by atoms with Crippen LogP contribution in [0, 0.1) is 0 Å². The molecule has 0 radical (unpaired) electrons. The first kappa shape index (κ1) is 12.8. The van der Waals surface area contributed by atoms with Crippen molar-refractivity contribution in [3.63, 3.8) is 0 Å². The van der Waals surface area contributed by atoms with Gasteiger partial charge in [-0.2, -0.15) is 5.10 Å². The van der Waals surface area contributed by atoms with Crippen LogP contribution in [0.15, 0.2) is 28.2 Å². The van der Waals surface area contributed by atoms with Crippen molar-refractivity contribution in [2.45, 2.75) is 33.0 Å². The Hall–Kier alpha value is -0.650. The van der Waals surface area contributed by atoms with E-state index in [1.54, 1.807) is 11.3 Å². The second-order valence-electron chi connectivity index (χ2n) is 4.22. The van der Waals surface area contributed by atoms with E-state index < -0.39 is 0 Å². The Morgan fingerprint density at radius 1 is 1.47 bits per heavy atom. The molecule has 92 valence electrons. The van der Waals surface area contributed by atoms with E-state index in [9.17, 15) is 0 Å². The molecule has 2 aromatic rings. The summed E-state index contributed by atoms with van der Waals surface area (Å²) in [5.41, 5.74) is 1.09. The lowest BCUT2D eigenvalue weighted by Gasteiger charge is -2.04. The van der Waals surface area contributed by atoms with E-state index in [4.69, 9.17) is 0 Å². The first-order valence-electron chi connectivity index (χ1n) is 5.63. The largest absolute Gasteiger partial charge is 0.306 e. The summed E-state index contributed by atoms with van der Waals surface area (Å²) in [6.45, 7) is 5.97. The number of nitrogens with one attached hydrogen (secondary N) is 1. The average molecular weight is 314 g/mol. The van der Waals surface area contributed by atoms with Crippen LogP contribution in [0.2, 0.25) is 0 Å². The summed E-state index contributed by atoms with van der Waals surface area (Å²) >= 11 is 5.21. The molecule has 17 heavy (non-hydrogen) atoms. The molecule has 5 heteroatoms. The first-order valence-corrected chi connectivity index (χ1v) is 7.30. The summed E-state index contributed by atoms with van der Waals surface area (Å²) in [6, 6.07) is 4.64. The van der Waals surface area contributed by atoms with Crippen LogP contribution in [0.3, 0.4) is 0 Å². The Bertz CT molecular complexity index is 476. The summed E-state index contributed by atoms with van der Waals surface area (Å²) in [5.74, 6) is 0. The van der Waals surface area contributed by atoms with Crippen LogP contribution in [0.5, 0.6) is 0 Å². The highest BCUT2D eigenvalue weighted by Gasteiger charge is 2.02. The van der Waals surface area contributed by atoms with E-state index in [-0.39, 0.29) is 0 Å². The number of halogens is 1. The van der Waals surface area contributed by atoms with Gasteiger partial charge in [0, 0.05) is 40.1 Å². The second kappa shape index (κ2) is 5.80. The van der Waals surface area contributed by atoms with Gasteiger partial charge < -0.3 is 5.32 Å². The van der Waals surface area contributed by atoms with Crippen molar-refractivity contribution in [1.82, 2.24) is 15.1 Å². The first-order chi connectivity index (χ1) is 8.15. The molecule has 0 amide bonds. The summed E-state index contributed by atoms with van der Waals surface area (Å²) in [7, 11) is 0. The maximum absolute atomic E-state index is 4.49. The van der Waals surface area contributed by atoms with Crippen LogP contribution in [0.4, 0.5) is 0 Å². The van der Waals surface area contributed by atoms with Gasteiger partial charge in [-0.3, -0.25) is 4.68 Å². The fourth-order valence-corrected chi connectivity index (χ4v) is 2.94. The number of aromatic nitrogens is 2. The zero-order valence-corrected chi connectivity index (χ0v) is 12.4. The van der Waals surface area contributed by atoms with Crippen LogP contribution in [0.1, 0.15) is 30.5 Å². The van der Waals surface area contributed by atoms with Gasteiger partial charge in [0.15, 0.2) is 0 Å². The topological polar surface area (TPSA) is 29.9 Å². The maximum Gasteiger partial charge on any atom is 0.0762 e. The van der Waals surface area contributed by atoms with Gasteiger partial charge in [-0.25, -0.2) is 0 Å². The molecule has 2 aromatic heterocycles. The van der Waals surface area contributed by atoms with Crippen LogP contribution in [0.25, 0.3) is 0 Å². The van der Waals surface area contributed by atoms with Crippen molar-refractivity contribution < 1.29 is 0 Å². The molecule has 2 heterocycles. The van der Waals surface area contributed by atoms with Gasteiger partial charge in [0.25, 0.3) is 0 Å². The van der Waals surface area contributed by atoms with Gasteiger partial charge in [0.1, 0.15) is 0 Å². The summed E-state index contributed by atoms with van der Waals surface area (Å²) in [4.78, 5) is 1.33. The Balaban J connectivity index is 1.81. The molecular formula is C12H16BrN3S. The molecule has 0 fully saturated rings. The van der Waals surface area contributed by atoms with E-state index in [1.165, 1.54) is 4.88 Å². The molecule has 0 aliphatic rings. The predicted octanol–water partition coefficient (Wildman–Crippen LogP) is 3.58. The number of hydrogen-bond acceptors (Lipinski definition) is 3. The van der Waals surface area contributed by atoms with Crippen LogP contribution in [-0.2, 0) is 13.1 Å². The molecular weight excluding hydrogens is 298 g/mol. The molecule has 0 spiro atoms. The summed E-state index contributed by atoms with van der Waals surface area (Å²) < 4.78 is 3.14. The van der Waals surface area contributed by atoms with Gasteiger partial charge in [-0.1, -0.05) is 0 Å². The third kappa shape index (κ3) is 3.66. The lowest BCUT2D eigenvalue weighted by Crippen LogP contribution is -2.13. The number of thiophene rings is 1. The molecule has 0 aliphatic carbocycles. The molecule has 0 saturated carbocycles.